The van der Waals surface area contributed by atoms with Crippen molar-refractivity contribution in [2.75, 3.05) is 16.4 Å². The third kappa shape index (κ3) is 4.66. The molecule has 0 bridgehead atoms. The van der Waals surface area contributed by atoms with Gasteiger partial charge in [-0.3, -0.25) is 10.3 Å². The van der Waals surface area contributed by atoms with E-state index in [0.29, 0.717) is 11.4 Å². The van der Waals surface area contributed by atoms with E-state index in [1.807, 2.05) is 32.9 Å². The second kappa shape index (κ2) is 6.34. The van der Waals surface area contributed by atoms with Crippen molar-refractivity contribution in [2.45, 2.75) is 26.4 Å². The smallest absolute Gasteiger partial charge is 0.412 e. The number of aromatic nitrogens is 1. The topological polar surface area (TPSA) is 89.3 Å². The number of benzene rings is 1. The predicted octanol–water partition coefficient (Wildman–Crippen LogP) is 3.75. The van der Waals surface area contributed by atoms with E-state index in [0.717, 1.165) is 11.4 Å². The summed E-state index contributed by atoms with van der Waals surface area (Å²) in [5.41, 5.74) is 8.16. The molecule has 116 valence electrons. The van der Waals surface area contributed by atoms with Gasteiger partial charge in [-0.25, -0.2) is 4.79 Å². The van der Waals surface area contributed by atoms with Crippen LogP contribution in [0.25, 0.3) is 0 Å². The molecule has 0 spiro atoms. The number of nitrogen functional groups attached to an aromatic ring is 1. The second-order valence-corrected chi connectivity index (χ2v) is 5.79. The van der Waals surface area contributed by atoms with Gasteiger partial charge in [-0.15, -0.1) is 0 Å². The minimum Gasteiger partial charge on any atom is -0.444 e. The Bertz CT molecular complexity index is 648. The van der Waals surface area contributed by atoms with Crippen LogP contribution in [0.2, 0.25) is 0 Å². The van der Waals surface area contributed by atoms with Crippen molar-refractivity contribution in [3.8, 4) is 0 Å². The van der Waals surface area contributed by atoms with Crippen LogP contribution >= 0.6 is 0 Å². The summed E-state index contributed by atoms with van der Waals surface area (Å²) >= 11 is 0. The highest BCUT2D eigenvalue weighted by atomic mass is 16.6. The third-order valence-corrected chi connectivity index (χ3v) is 2.66. The third-order valence-electron chi connectivity index (χ3n) is 2.66. The first-order valence-electron chi connectivity index (χ1n) is 6.90. The van der Waals surface area contributed by atoms with E-state index in [2.05, 4.69) is 15.6 Å². The van der Waals surface area contributed by atoms with Gasteiger partial charge < -0.3 is 15.8 Å². The lowest BCUT2D eigenvalue weighted by Gasteiger charge is -2.19. The Balaban J connectivity index is 1.99. The minimum absolute atomic E-state index is 0.482. The number of carbonyl (C=O) groups is 1. The lowest BCUT2D eigenvalue weighted by atomic mass is 10.2. The molecule has 0 radical (unpaired) electrons. The molecule has 0 unspecified atom stereocenters. The molecular formula is C16H20N4O2. The number of rotatable bonds is 3. The Labute approximate surface area is 129 Å². The summed E-state index contributed by atoms with van der Waals surface area (Å²) in [6, 6.07) is 8.94. The van der Waals surface area contributed by atoms with E-state index in [1.54, 1.807) is 30.6 Å². The maximum atomic E-state index is 11.7. The number of amides is 1. The van der Waals surface area contributed by atoms with E-state index < -0.39 is 11.7 Å². The first kappa shape index (κ1) is 15.6. The number of pyridine rings is 1. The Morgan fingerprint density at radius 2 is 1.77 bits per heavy atom. The van der Waals surface area contributed by atoms with Crippen molar-refractivity contribution in [1.82, 2.24) is 4.98 Å². The van der Waals surface area contributed by atoms with Crippen LogP contribution < -0.4 is 16.4 Å². The highest BCUT2D eigenvalue weighted by Gasteiger charge is 2.16. The van der Waals surface area contributed by atoms with E-state index in [-0.39, 0.29) is 0 Å². The number of hydrogen-bond acceptors (Lipinski definition) is 5. The zero-order valence-electron chi connectivity index (χ0n) is 12.9. The van der Waals surface area contributed by atoms with Gasteiger partial charge in [0.1, 0.15) is 5.60 Å². The molecule has 6 heteroatoms. The zero-order valence-corrected chi connectivity index (χ0v) is 12.9. The summed E-state index contributed by atoms with van der Waals surface area (Å²) in [7, 11) is 0. The fourth-order valence-corrected chi connectivity index (χ4v) is 1.72. The van der Waals surface area contributed by atoms with Crippen LogP contribution in [0.5, 0.6) is 0 Å². The van der Waals surface area contributed by atoms with Crippen molar-refractivity contribution >= 4 is 28.8 Å². The largest absolute Gasteiger partial charge is 0.444 e. The summed E-state index contributed by atoms with van der Waals surface area (Å²) in [5.74, 6) is 0. The number of nitrogens with two attached hydrogens (primary N) is 1. The molecule has 0 aliphatic rings. The highest BCUT2D eigenvalue weighted by Crippen LogP contribution is 2.22. The number of ether oxygens (including phenoxy) is 1. The molecule has 2 rings (SSSR count). The molecule has 0 atom stereocenters. The van der Waals surface area contributed by atoms with Gasteiger partial charge in [0, 0.05) is 17.6 Å². The fraction of sp³-hybridized carbons (Fsp3) is 0.250. The van der Waals surface area contributed by atoms with Gasteiger partial charge in [-0.05, 0) is 51.1 Å². The van der Waals surface area contributed by atoms with Gasteiger partial charge in [0.25, 0.3) is 0 Å². The molecule has 6 nitrogen and oxygen atoms in total. The summed E-state index contributed by atoms with van der Waals surface area (Å²) in [6.07, 6.45) is 2.81. The quantitative estimate of drug-likeness (QED) is 0.803. The molecule has 0 saturated heterocycles. The molecule has 1 heterocycles. The van der Waals surface area contributed by atoms with Crippen molar-refractivity contribution in [1.29, 1.82) is 0 Å². The molecule has 1 aromatic carbocycles. The lowest BCUT2D eigenvalue weighted by molar-refractivity contribution is 0.0636. The SMILES string of the molecule is CC(C)(C)OC(=O)Nc1ccc(Nc2cnccc2N)cc1. The fourth-order valence-electron chi connectivity index (χ4n) is 1.72. The maximum absolute atomic E-state index is 11.7. The summed E-state index contributed by atoms with van der Waals surface area (Å²) in [6.45, 7) is 5.45. The number of carbonyl (C=O) groups excluding carboxylic acids is 1. The molecule has 4 N–H and O–H groups in total. The molecule has 0 aliphatic heterocycles. The molecule has 1 amide bonds. The van der Waals surface area contributed by atoms with Gasteiger partial charge in [-0.2, -0.15) is 0 Å². The Kier molecular flexibility index (Phi) is 4.50. The average molecular weight is 300 g/mol. The Hall–Kier alpha value is -2.76. The molecule has 1 aromatic heterocycles. The van der Waals surface area contributed by atoms with Crippen molar-refractivity contribution < 1.29 is 9.53 Å². The molecular weight excluding hydrogens is 280 g/mol. The Morgan fingerprint density at radius 3 is 2.36 bits per heavy atom. The molecule has 0 aliphatic carbocycles. The van der Waals surface area contributed by atoms with E-state index in [1.165, 1.54) is 0 Å². The van der Waals surface area contributed by atoms with Gasteiger partial charge in [0.15, 0.2) is 0 Å². The van der Waals surface area contributed by atoms with Crippen LogP contribution in [-0.4, -0.2) is 16.7 Å². The van der Waals surface area contributed by atoms with E-state index >= 15 is 0 Å². The van der Waals surface area contributed by atoms with Gasteiger partial charge in [0.2, 0.25) is 0 Å². The number of hydrogen-bond donors (Lipinski definition) is 3. The number of nitrogens with one attached hydrogen (secondary N) is 2. The van der Waals surface area contributed by atoms with Crippen LogP contribution in [0.4, 0.5) is 27.5 Å². The molecule has 0 saturated carbocycles. The Morgan fingerprint density at radius 1 is 1.14 bits per heavy atom. The van der Waals surface area contributed by atoms with Crippen molar-refractivity contribution in [3.05, 3.63) is 42.7 Å². The minimum atomic E-state index is -0.524. The van der Waals surface area contributed by atoms with Gasteiger partial charge in [0.05, 0.1) is 17.6 Å². The molecule has 2 aromatic rings. The maximum Gasteiger partial charge on any atom is 0.412 e. The van der Waals surface area contributed by atoms with E-state index in [9.17, 15) is 4.79 Å². The zero-order chi connectivity index (χ0) is 16.2. The summed E-state index contributed by atoms with van der Waals surface area (Å²) in [4.78, 5) is 15.7. The monoisotopic (exact) mass is 300 g/mol. The van der Waals surface area contributed by atoms with Crippen LogP contribution in [0, 0.1) is 0 Å². The average Bonchev–Trinajstić information content (AvgIpc) is 2.41. The van der Waals surface area contributed by atoms with Gasteiger partial charge >= 0.3 is 6.09 Å². The van der Waals surface area contributed by atoms with E-state index in [4.69, 9.17) is 10.5 Å². The standard InChI is InChI=1S/C16H20N4O2/c1-16(2,3)22-15(21)20-12-6-4-11(5-7-12)19-14-10-18-9-8-13(14)17/h4-10,19H,1-3H3,(H2,17,18)(H,20,21). The number of nitrogens with zero attached hydrogens (tertiary/aromatic N) is 1. The number of anilines is 4. The first-order chi connectivity index (χ1) is 10.3. The highest BCUT2D eigenvalue weighted by molar-refractivity contribution is 5.85. The summed E-state index contributed by atoms with van der Waals surface area (Å²) in [5, 5.41) is 5.83. The molecule has 22 heavy (non-hydrogen) atoms. The molecule has 0 fully saturated rings. The van der Waals surface area contributed by atoms with Crippen molar-refractivity contribution in [3.63, 3.8) is 0 Å². The first-order valence-corrected chi connectivity index (χ1v) is 6.90. The van der Waals surface area contributed by atoms with Crippen LogP contribution in [0.15, 0.2) is 42.7 Å². The van der Waals surface area contributed by atoms with Crippen molar-refractivity contribution in [2.24, 2.45) is 0 Å². The summed E-state index contributed by atoms with van der Waals surface area (Å²) < 4.78 is 5.19. The van der Waals surface area contributed by atoms with Crippen LogP contribution in [0.3, 0.4) is 0 Å². The normalized spacial score (nSPS) is 10.9. The lowest BCUT2D eigenvalue weighted by Crippen LogP contribution is -2.27. The van der Waals surface area contributed by atoms with Gasteiger partial charge in [-0.1, -0.05) is 0 Å². The van der Waals surface area contributed by atoms with Crippen LogP contribution in [-0.2, 0) is 4.74 Å². The van der Waals surface area contributed by atoms with Crippen LogP contribution in [0.1, 0.15) is 20.8 Å². The second-order valence-electron chi connectivity index (χ2n) is 5.79. The predicted molar refractivity (Wildman–Crippen MR) is 88.2 cm³/mol.